The van der Waals surface area contributed by atoms with Gasteiger partial charge in [0.2, 0.25) is 0 Å². The lowest BCUT2D eigenvalue weighted by Crippen LogP contribution is -2.48. The van der Waals surface area contributed by atoms with Crippen LogP contribution in [0, 0.1) is 5.41 Å². The summed E-state index contributed by atoms with van der Waals surface area (Å²) in [6, 6.07) is 2.08. The normalized spacial score (nSPS) is 37.4. The van der Waals surface area contributed by atoms with Crippen molar-refractivity contribution in [3.8, 4) is 0 Å². The minimum Gasteiger partial charge on any atom is -0.328 e. The molecule has 3 aliphatic heterocycles. The maximum absolute atomic E-state index is 6.03. The highest BCUT2D eigenvalue weighted by Crippen LogP contribution is 2.37. The Kier molecular flexibility index (Phi) is 4.66. The van der Waals surface area contributed by atoms with Crippen LogP contribution in [0.15, 0.2) is 0 Å². The molecule has 2 N–H and O–H groups in total. The van der Waals surface area contributed by atoms with E-state index >= 15 is 0 Å². The number of hydrogen-bond donors (Lipinski definition) is 1. The Hall–Kier alpha value is 0.230. The number of nitrogens with two attached hydrogens (primary N) is 1. The molecular formula is C16H31N3S. The number of rotatable bonds is 2. The van der Waals surface area contributed by atoms with Gasteiger partial charge < -0.3 is 5.73 Å². The summed E-state index contributed by atoms with van der Waals surface area (Å²) < 4.78 is 0. The Morgan fingerprint density at radius 3 is 2.40 bits per heavy atom. The third-order valence-corrected chi connectivity index (χ3v) is 7.00. The lowest BCUT2D eigenvalue weighted by atomic mass is 9.87. The van der Waals surface area contributed by atoms with Crippen LogP contribution in [-0.2, 0) is 0 Å². The first kappa shape index (κ1) is 15.1. The monoisotopic (exact) mass is 297 g/mol. The molecule has 3 fully saturated rings. The van der Waals surface area contributed by atoms with Crippen LogP contribution in [0.25, 0.3) is 0 Å². The number of hydrogen-bond acceptors (Lipinski definition) is 4. The SMILES string of the molecule is CC1(C)CSCC(N2CCC(N3CCC(N)CC3)C2)C1. The summed E-state index contributed by atoms with van der Waals surface area (Å²) in [6.07, 6.45) is 5.15. The van der Waals surface area contributed by atoms with Gasteiger partial charge in [-0.25, -0.2) is 0 Å². The molecule has 0 radical (unpaired) electrons. The first-order chi connectivity index (χ1) is 9.53. The van der Waals surface area contributed by atoms with Crippen LogP contribution in [0.5, 0.6) is 0 Å². The summed E-state index contributed by atoms with van der Waals surface area (Å²) in [5.41, 5.74) is 6.56. The Morgan fingerprint density at radius 2 is 1.70 bits per heavy atom. The highest BCUT2D eigenvalue weighted by Gasteiger charge is 2.37. The van der Waals surface area contributed by atoms with Crippen molar-refractivity contribution in [2.45, 2.75) is 57.7 Å². The second kappa shape index (κ2) is 6.15. The zero-order chi connectivity index (χ0) is 14.2. The number of likely N-dealkylation sites (tertiary alicyclic amines) is 2. The molecule has 0 bridgehead atoms. The van der Waals surface area contributed by atoms with E-state index < -0.39 is 0 Å². The van der Waals surface area contributed by atoms with Gasteiger partial charge >= 0.3 is 0 Å². The van der Waals surface area contributed by atoms with E-state index in [2.05, 4.69) is 35.4 Å². The van der Waals surface area contributed by atoms with Crippen molar-refractivity contribution in [3.05, 3.63) is 0 Å². The van der Waals surface area contributed by atoms with E-state index in [1.54, 1.807) is 0 Å². The number of nitrogens with zero attached hydrogens (tertiary/aromatic N) is 2. The lowest BCUT2D eigenvalue weighted by molar-refractivity contribution is 0.136. The molecule has 3 aliphatic rings. The van der Waals surface area contributed by atoms with Gasteiger partial charge in [0.1, 0.15) is 0 Å². The van der Waals surface area contributed by atoms with E-state index in [1.165, 1.54) is 63.4 Å². The van der Waals surface area contributed by atoms with Gasteiger partial charge in [-0.1, -0.05) is 13.8 Å². The summed E-state index contributed by atoms with van der Waals surface area (Å²) in [5.74, 6) is 2.69. The number of thioether (sulfide) groups is 1. The summed E-state index contributed by atoms with van der Waals surface area (Å²) in [6.45, 7) is 9.94. The van der Waals surface area contributed by atoms with E-state index in [4.69, 9.17) is 5.73 Å². The highest BCUT2D eigenvalue weighted by atomic mass is 32.2. The number of piperidine rings is 1. The van der Waals surface area contributed by atoms with Gasteiger partial charge in [0, 0.05) is 37.0 Å². The lowest BCUT2D eigenvalue weighted by Gasteiger charge is -2.40. The van der Waals surface area contributed by atoms with Crippen molar-refractivity contribution in [2.24, 2.45) is 11.1 Å². The van der Waals surface area contributed by atoms with Crippen molar-refractivity contribution >= 4 is 11.8 Å². The molecule has 0 amide bonds. The molecule has 0 aromatic carbocycles. The topological polar surface area (TPSA) is 32.5 Å². The average Bonchev–Trinajstić information content (AvgIpc) is 2.88. The van der Waals surface area contributed by atoms with E-state index in [0.29, 0.717) is 11.5 Å². The molecule has 0 saturated carbocycles. The van der Waals surface area contributed by atoms with E-state index in [1.807, 2.05) is 0 Å². The Morgan fingerprint density at radius 1 is 1.00 bits per heavy atom. The van der Waals surface area contributed by atoms with Crippen LogP contribution in [0.1, 0.15) is 39.5 Å². The van der Waals surface area contributed by atoms with E-state index in [9.17, 15) is 0 Å². The maximum atomic E-state index is 6.03. The van der Waals surface area contributed by atoms with Crippen LogP contribution < -0.4 is 5.73 Å². The summed E-state index contributed by atoms with van der Waals surface area (Å²) in [7, 11) is 0. The van der Waals surface area contributed by atoms with Crippen LogP contribution >= 0.6 is 11.8 Å². The predicted octanol–water partition coefficient (Wildman–Crippen LogP) is 2.02. The Bertz CT molecular complexity index is 326. The average molecular weight is 298 g/mol. The van der Waals surface area contributed by atoms with Gasteiger partial charge in [0.25, 0.3) is 0 Å². The van der Waals surface area contributed by atoms with Crippen molar-refractivity contribution in [1.29, 1.82) is 0 Å². The maximum Gasteiger partial charge on any atom is 0.0235 e. The fraction of sp³-hybridized carbons (Fsp3) is 1.00. The molecular weight excluding hydrogens is 266 g/mol. The van der Waals surface area contributed by atoms with Gasteiger partial charge in [-0.2, -0.15) is 11.8 Å². The second-order valence-corrected chi connectivity index (χ2v) is 8.88. The summed E-state index contributed by atoms with van der Waals surface area (Å²) in [4.78, 5) is 5.50. The van der Waals surface area contributed by atoms with Gasteiger partial charge in [-0.3, -0.25) is 9.80 Å². The van der Waals surface area contributed by atoms with Crippen molar-refractivity contribution < 1.29 is 0 Å². The van der Waals surface area contributed by atoms with Gasteiger partial charge in [0.05, 0.1) is 0 Å². The first-order valence-corrected chi connectivity index (χ1v) is 9.50. The summed E-state index contributed by atoms with van der Waals surface area (Å²) in [5, 5.41) is 0. The highest BCUT2D eigenvalue weighted by molar-refractivity contribution is 7.99. The fourth-order valence-electron chi connectivity index (χ4n) is 4.14. The van der Waals surface area contributed by atoms with Crippen molar-refractivity contribution in [3.63, 3.8) is 0 Å². The zero-order valence-electron chi connectivity index (χ0n) is 13.2. The fourth-order valence-corrected chi connectivity index (χ4v) is 5.53. The van der Waals surface area contributed by atoms with Gasteiger partial charge in [-0.15, -0.1) is 0 Å². The second-order valence-electron chi connectivity index (χ2n) is 7.85. The molecule has 20 heavy (non-hydrogen) atoms. The largest absolute Gasteiger partial charge is 0.328 e. The minimum absolute atomic E-state index is 0.458. The molecule has 3 rings (SSSR count). The molecule has 2 atom stereocenters. The molecule has 0 aromatic heterocycles. The molecule has 0 aromatic rings. The van der Waals surface area contributed by atoms with E-state index in [0.717, 1.165) is 12.1 Å². The molecule has 2 unspecified atom stereocenters. The summed E-state index contributed by atoms with van der Waals surface area (Å²) >= 11 is 2.16. The van der Waals surface area contributed by atoms with Crippen LogP contribution in [0.2, 0.25) is 0 Å². The van der Waals surface area contributed by atoms with Crippen molar-refractivity contribution in [1.82, 2.24) is 9.80 Å². The molecule has 3 nitrogen and oxygen atoms in total. The molecule has 3 heterocycles. The van der Waals surface area contributed by atoms with Crippen LogP contribution in [0.3, 0.4) is 0 Å². The third kappa shape index (κ3) is 3.52. The van der Waals surface area contributed by atoms with Crippen molar-refractivity contribution in [2.75, 3.05) is 37.7 Å². The Balaban J connectivity index is 1.51. The smallest absolute Gasteiger partial charge is 0.0235 e. The molecule has 0 aliphatic carbocycles. The van der Waals surface area contributed by atoms with Gasteiger partial charge in [-0.05, 0) is 49.9 Å². The predicted molar refractivity (Wildman–Crippen MR) is 88.3 cm³/mol. The minimum atomic E-state index is 0.458. The molecule has 3 saturated heterocycles. The Labute approximate surface area is 128 Å². The first-order valence-electron chi connectivity index (χ1n) is 8.35. The standard InChI is InChI=1S/C16H31N3S/c1-16(2)9-15(11-20-12-16)19-8-5-14(10-19)18-6-3-13(17)4-7-18/h13-15H,3-12,17H2,1-2H3. The van der Waals surface area contributed by atoms with Crippen LogP contribution in [0.4, 0.5) is 0 Å². The zero-order valence-corrected chi connectivity index (χ0v) is 14.0. The third-order valence-electron chi connectivity index (χ3n) is 5.39. The van der Waals surface area contributed by atoms with Crippen LogP contribution in [-0.4, -0.2) is 65.6 Å². The molecule has 116 valence electrons. The van der Waals surface area contributed by atoms with Gasteiger partial charge in [0.15, 0.2) is 0 Å². The molecule has 4 heteroatoms. The van der Waals surface area contributed by atoms with E-state index in [-0.39, 0.29) is 0 Å². The quantitative estimate of drug-likeness (QED) is 0.845. The molecule has 0 spiro atoms.